The lowest BCUT2D eigenvalue weighted by Gasteiger charge is -2.28. The molecule has 1 aromatic carbocycles. The molecule has 4 heteroatoms. The molecule has 1 aromatic heterocycles. The van der Waals surface area contributed by atoms with Crippen molar-refractivity contribution in [3.8, 4) is 11.5 Å². The van der Waals surface area contributed by atoms with Crippen molar-refractivity contribution in [2.24, 2.45) is 11.8 Å². The molecule has 4 nitrogen and oxygen atoms in total. The second-order valence-corrected chi connectivity index (χ2v) is 10.2. The molecule has 0 bridgehead atoms. The maximum Gasteiger partial charge on any atom is 0.343 e. The van der Waals surface area contributed by atoms with Crippen LogP contribution in [0, 0.1) is 11.8 Å². The summed E-state index contributed by atoms with van der Waals surface area (Å²) in [5.74, 6) is 2.69. The Labute approximate surface area is 212 Å². The van der Waals surface area contributed by atoms with E-state index in [1.54, 1.807) is 18.3 Å². The average molecular weight is 480 g/mol. The summed E-state index contributed by atoms with van der Waals surface area (Å²) in [4.78, 5) is 17.0. The van der Waals surface area contributed by atoms with Crippen LogP contribution in [0.3, 0.4) is 0 Å². The molecule has 3 rings (SSSR count). The topological polar surface area (TPSA) is 48.4 Å². The van der Waals surface area contributed by atoms with E-state index >= 15 is 0 Å². The van der Waals surface area contributed by atoms with Crippen molar-refractivity contribution in [1.29, 1.82) is 0 Å². The monoisotopic (exact) mass is 479 g/mol. The normalized spacial score (nSPS) is 17.8. The van der Waals surface area contributed by atoms with E-state index in [-0.39, 0.29) is 5.97 Å². The Kier molecular flexibility index (Phi) is 12.1. The van der Waals surface area contributed by atoms with Crippen LogP contribution in [-0.4, -0.2) is 17.6 Å². The van der Waals surface area contributed by atoms with Gasteiger partial charge in [0.05, 0.1) is 18.4 Å². The first-order chi connectivity index (χ1) is 17.2. The third-order valence-electron chi connectivity index (χ3n) is 7.36. The number of aromatic nitrogens is 1. The molecule has 35 heavy (non-hydrogen) atoms. The number of aryl methyl sites for hydroxylation is 1. The van der Waals surface area contributed by atoms with Crippen molar-refractivity contribution >= 4 is 5.97 Å². The van der Waals surface area contributed by atoms with Crippen LogP contribution in [0.1, 0.15) is 113 Å². The third kappa shape index (κ3) is 10.0. The minimum absolute atomic E-state index is 0.372. The first-order valence-electron chi connectivity index (χ1n) is 14.1. The van der Waals surface area contributed by atoms with E-state index in [0.717, 1.165) is 42.5 Å². The van der Waals surface area contributed by atoms with Gasteiger partial charge in [0.2, 0.25) is 0 Å². The summed E-state index contributed by atoms with van der Waals surface area (Å²) >= 11 is 0. The molecule has 192 valence electrons. The molecule has 0 unspecified atom stereocenters. The molecular weight excluding hydrogens is 434 g/mol. The highest BCUT2D eigenvalue weighted by atomic mass is 16.5. The molecule has 0 amide bonds. The van der Waals surface area contributed by atoms with Gasteiger partial charge in [-0.15, -0.1) is 0 Å². The van der Waals surface area contributed by atoms with Gasteiger partial charge >= 0.3 is 5.97 Å². The Balaban J connectivity index is 1.35. The molecular formula is C31H45NO3. The van der Waals surface area contributed by atoms with Gasteiger partial charge in [-0.05, 0) is 67.5 Å². The van der Waals surface area contributed by atoms with Crippen LogP contribution < -0.4 is 9.47 Å². The number of rotatable bonds is 15. The molecule has 0 aliphatic heterocycles. The van der Waals surface area contributed by atoms with E-state index in [4.69, 9.17) is 9.47 Å². The zero-order valence-corrected chi connectivity index (χ0v) is 22.0. The van der Waals surface area contributed by atoms with E-state index in [1.165, 1.54) is 70.6 Å². The highest BCUT2D eigenvalue weighted by molar-refractivity contribution is 5.91. The molecule has 1 aliphatic rings. The number of esters is 1. The van der Waals surface area contributed by atoms with Crippen molar-refractivity contribution in [1.82, 2.24) is 4.98 Å². The number of benzene rings is 1. The number of unbranched alkanes of at least 4 members (excludes halogenated alkanes) is 5. The second kappa shape index (κ2) is 15.6. The zero-order chi connectivity index (χ0) is 24.7. The molecule has 1 fully saturated rings. The smallest absolute Gasteiger partial charge is 0.343 e. The molecule has 1 saturated carbocycles. The first-order valence-corrected chi connectivity index (χ1v) is 14.1. The van der Waals surface area contributed by atoms with E-state index in [0.29, 0.717) is 17.9 Å². The summed E-state index contributed by atoms with van der Waals surface area (Å²) in [7, 11) is 0. The van der Waals surface area contributed by atoms with Crippen LogP contribution in [0.25, 0.3) is 0 Å². The molecule has 1 aliphatic carbocycles. The standard InChI is InChI=1S/C31H45NO3/c1-3-5-7-8-10-25-11-13-26(14-12-25)15-18-28-19-22-30(24-32-28)35-31(33)27-16-20-29(21-17-27)34-23-9-6-4-2/h16-17,19-22,24-26H,3-15,18,23H2,1-2H3/t25-,26-. The van der Waals surface area contributed by atoms with Gasteiger partial charge in [0.15, 0.2) is 0 Å². The van der Waals surface area contributed by atoms with Gasteiger partial charge in [0.25, 0.3) is 0 Å². The van der Waals surface area contributed by atoms with Crippen LogP contribution in [-0.2, 0) is 6.42 Å². The number of ether oxygens (including phenoxy) is 2. The third-order valence-corrected chi connectivity index (χ3v) is 7.36. The van der Waals surface area contributed by atoms with E-state index in [9.17, 15) is 4.79 Å². The zero-order valence-electron chi connectivity index (χ0n) is 22.0. The highest BCUT2D eigenvalue weighted by Gasteiger charge is 2.20. The lowest BCUT2D eigenvalue weighted by atomic mass is 9.78. The van der Waals surface area contributed by atoms with Crippen molar-refractivity contribution < 1.29 is 14.3 Å². The van der Waals surface area contributed by atoms with E-state index < -0.39 is 0 Å². The van der Waals surface area contributed by atoms with Gasteiger partial charge in [-0.3, -0.25) is 4.98 Å². The summed E-state index contributed by atoms with van der Waals surface area (Å²) in [6.45, 7) is 5.16. The number of nitrogens with zero attached hydrogens (tertiary/aromatic N) is 1. The van der Waals surface area contributed by atoms with Gasteiger partial charge in [0.1, 0.15) is 11.5 Å². The number of hydrogen-bond donors (Lipinski definition) is 0. The molecule has 2 aromatic rings. The Hall–Kier alpha value is -2.36. The van der Waals surface area contributed by atoms with Crippen LogP contribution in [0.5, 0.6) is 11.5 Å². The van der Waals surface area contributed by atoms with Crippen LogP contribution in [0.15, 0.2) is 42.6 Å². The number of hydrogen-bond acceptors (Lipinski definition) is 4. The maximum absolute atomic E-state index is 12.5. The summed E-state index contributed by atoms with van der Waals surface area (Å²) < 4.78 is 11.2. The Morgan fingerprint density at radius 3 is 2.11 bits per heavy atom. The predicted octanol–water partition coefficient (Wildman–Crippen LogP) is 8.58. The fourth-order valence-electron chi connectivity index (χ4n) is 5.04. The lowest BCUT2D eigenvalue weighted by molar-refractivity contribution is 0.0734. The number of pyridine rings is 1. The molecule has 0 spiro atoms. The quantitative estimate of drug-likeness (QED) is 0.190. The Morgan fingerprint density at radius 1 is 0.800 bits per heavy atom. The largest absolute Gasteiger partial charge is 0.494 e. The fourth-order valence-corrected chi connectivity index (χ4v) is 5.04. The Morgan fingerprint density at radius 2 is 1.46 bits per heavy atom. The van der Waals surface area contributed by atoms with Gasteiger partial charge in [-0.1, -0.05) is 84.5 Å². The average Bonchev–Trinajstić information content (AvgIpc) is 2.90. The molecule has 1 heterocycles. The molecule has 0 radical (unpaired) electrons. The molecule has 0 atom stereocenters. The first kappa shape index (κ1) is 27.2. The van der Waals surface area contributed by atoms with Crippen molar-refractivity contribution in [3.05, 3.63) is 53.9 Å². The van der Waals surface area contributed by atoms with Crippen LogP contribution in [0.4, 0.5) is 0 Å². The van der Waals surface area contributed by atoms with Gasteiger partial charge in [-0.25, -0.2) is 4.79 Å². The number of carbonyl (C=O) groups is 1. The summed E-state index contributed by atoms with van der Waals surface area (Å²) in [5.41, 5.74) is 1.59. The van der Waals surface area contributed by atoms with Gasteiger partial charge in [0, 0.05) is 5.69 Å². The minimum Gasteiger partial charge on any atom is -0.494 e. The minimum atomic E-state index is -0.372. The number of carbonyl (C=O) groups excluding carboxylic acids is 1. The summed E-state index contributed by atoms with van der Waals surface area (Å²) in [5, 5.41) is 0. The van der Waals surface area contributed by atoms with Crippen LogP contribution >= 0.6 is 0 Å². The van der Waals surface area contributed by atoms with E-state index in [2.05, 4.69) is 18.8 Å². The SMILES string of the molecule is CCCCCC[C@H]1CC[C@H](CCc2ccc(OC(=O)c3ccc(OCCCCC)cc3)cn2)CC1. The predicted molar refractivity (Wildman–Crippen MR) is 143 cm³/mol. The summed E-state index contributed by atoms with van der Waals surface area (Å²) in [6.07, 6.45) is 19.8. The second-order valence-electron chi connectivity index (χ2n) is 10.2. The Bertz CT molecular complexity index is 839. The fraction of sp³-hybridized carbons (Fsp3) is 0.613. The maximum atomic E-state index is 12.5. The molecule has 0 saturated heterocycles. The van der Waals surface area contributed by atoms with Crippen molar-refractivity contribution in [2.45, 2.75) is 104 Å². The van der Waals surface area contributed by atoms with Gasteiger partial charge < -0.3 is 9.47 Å². The van der Waals surface area contributed by atoms with E-state index in [1.807, 2.05) is 24.3 Å². The lowest BCUT2D eigenvalue weighted by Crippen LogP contribution is -2.15. The van der Waals surface area contributed by atoms with Crippen molar-refractivity contribution in [3.63, 3.8) is 0 Å². The highest BCUT2D eigenvalue weighted by Crippen LogP contribution is 2.34. The van der Waals surface area contributed by atoms with Crippen LogP contribution in [0.2, 0.25) is 0 Å². The van der Waals surface area contributed by atoms with Crippen molar-refractivity contribution in [2.75, 3.05) is 6.61 Å². The summed E-state index contributed by atoms with van der Waals surface area (Å²) in [6, 6.07) is 11.0. The van der Waals surface area contributed by atoms with Gasteiger partial charge in [-0.2, -0.15) is 0 Å². The molecule has 0 N–H and O–H groups in total.